The molecule has 1 amide bonds. The van der Waals surface area contributed by atoms with Gasteiger partial charge < -0.3 is 29.5 Å². The Labute approximate surface area is 150 Å². The number of nitrogens with two attached hydrogens (primary N) is 1. The molecular formula is C18H21NO7. The van der Waals surface area contributed by atoms with E-state index in [1.165, 1.54) is 21.3 Å². The SMILES string of the molecule is COc1ccc([C@H](CC(N)=O)c2oc(C)cc(=O)c2O)c(OC)c1OC. The Bertz CT molecular complexity index is 873. The molecule has 1 heterocycles. The maximum Gasteiger partial charge on any atom is 0.227 e. The lowest BCUT2D eigenvalue weighted by molar-refractivity contribution is -0.118. The van der Waals surface area contributed by atoms with Crippen LogP contribution < -0.4 is 25.4 Å². The van der Waals surface area contributed by atoms with Crippen LogP contribution in [0.1, 0.15) is 29.4 Å². The van der Waals surface area contributed by atoms with Crippen LogP contribution in [0.5, 0.6) is 23.0 Å². The first-order valence-electron chi connectivity index (χ1n) is 7.74. The third kappa shape index (κ3) is 3.58. The number of benzene rings is 1. The second kappa shape index (κ2) is 7.81. The maximum atomic E-state index is 12.0. The van der Waals surface area contributed by atoms with E-state index < -0.39 is 23.0 Å². The number of ether oxygens (including phenoxy) is 3. The Kier molecular flexibility index (Phi) is 5.76. The lowest BCUT2D eigenvalue weighted by atomic mass is 9.90. The first-order chi connectivity index (χ1) is 12.3. The summed E-state index contributed by atoms with van der Waals surface area (Å²) in [7, 11) is 4.34. The summed E-state index contributed by atoms with van der Waals surface area (Å²) in [5.74, 6) is -0.862. The van der Waals surface area contributed by atoms with Crippen molar-refractivity contribution < 1.29 is 28.5 Å². The van der Waals surface area contributed by atoms with Crippen LogP contribution in [0.3, 0.4) is 0 Å². The fourth-order valence-corrected chi connectivity index (χ4v) is 2.81. The Morgan fingerprint density at radius 3 is 2.38 bits per heavy atom. The quantitative estimate of drug-likeness (QED) is 0.767. The molecule has 0 saturated carbocycles. The Morgan fingerprint density at radius 1 is 1.19 bits per heavy atom. The molecule has 0 unspecified atom stereocenters. The van der Waals surface area contributed by atoms with Gasteiger partial charge in [-0.3, -0.25) is 9.59 Å². The summed E-state index contributed by atoms with van der Waals surface area (Å²) in [6.07, 6.45) is -0.216. The summed E-state index contributed by atoms with van der Waals surface area (Å²) >= 11 is 0. The monoisotopic (exact) mass is 363 g/mol. The molecule has 2 rings (SSSR count). The molecule has 0 saturated heterocycles. The lowest BCUT2D eigenvalue weighted by Crippen LogP contribution is -2.18. The first-order valence-corrected chi connectivity index (χ1v) is 7.74. The van der Waals surface area contributed by atoms with E-state index in [1.807, 2.05) is 0 Å². The summed E-state index contributed by atoms with van der Waals surface area (Å²) < 4.78 is 21.6. The highest BCUT2D eigenvalue weighted by Crippen LogP contribution is 2.46. The van der Waals surface area contributed by atoms with Gasteiger partial charge in [0, 0.05) is 18.1 Å². The van der Waals surface area contributed by atoms with E-state index in [0.717, 1.165) is 6.07 Å². The minimum absolute atomic E-state index is 0.0701. The average Bonchev–Trinajstić information content (AvgIpc) is 2.61. The fourth-order valence-electron chi connectivity index (χ4n) is 2.81. The predicted octanol–water partition coefficient (Wildman–Crippen LogP) is 1.69. The van der Waals surface area contributed by atoms with E-state index in [9.17, 15) is 14.7 Å². The molecule has 8 heteroatoms. The van der Waals surface area contributed by atoms with Crippen molar-refractivity contribution >= 4 is 5.91 Å². The molecule has 0 aliphatic rings. The van der Waals surface area contributed by atoms with E-state index in [2.05, 4.69) is 0 Å². The maximum absolute atomic E-state index is 12.0. The smallest absolute Gasteiger partial charge is 0.227 e. The summed E-state index contributed by atoms with van der Waals surface area (Å²) in [5.41, 5.74) is 5.21. The molecule has 8 nitrogen and oxygen atoms in total. The third-order valence-corrected chi connectivity index (χ3v) is 3.90. The number of carbonyl (C=O) groups excluding carboxylic acids is 1. The van der Waals surface area contributed by atoms with Crippen molar-refractivity contribution in [2.24, 2.45) is 5.73 Å². The lowest BCUT2D eigenvalue weighted by Gasteiger charge is -2.21. The van der Waals surface area contributed by atoms with Crippen LogP contribution in [0.25, 0.3) is 0 Å². The van der Waals surface area contributed by atoms with Gasteiger partial charge in [0.05, 0.1) is 27.2 Å². The van der Waals surface area contributed by atoms with Gasteiger partial charge in [-0.15, -0.1) is 0 Å². The third-order valence-electron chi connectivity index (χ3n) is 3.90. The molecule has 1 aromatic heterocycles. The van der Waals surface area contributed by atoms with Gasteiger partial charge >= 0.3 is 0 Å². The molecule has 2 aromatic rings. The van der Waals surface area contributed by atoms with Crippen LogP contribution in [-0.4, -0.2) is 32.3 Å². The topological polar surface area (TPSA) is 121 Å². The van der Waals surface area contributed by atoms with Gasteiger partial charge in [0.1, 0.15) is 5.76 Å². The molecule has 0 aliphatic carbocycles. The van der Waals surface area contributed by atoms with Crippen LogP contribution in [0.4, 0.5) is 0 Å². The van der Waals surface area contributed by atoms with Crippen molar-refractivity contribution in [2.45, 2.75) is 19.3 Å². The molecule has 1 atom stereocenters. The van der Waals surface area contributed by atoms with Crippen molar-refractivity contribution in [3.63, 3.8) is 0 Å². The molecule has 0 fully saturated rings. The fraction of sp³-hybridized carbons (Fsp3) is 0.333. The highest BCUT2D eigenvalue weighted by atomic mass is 16.5. The summed E-state index contributed by atoms with van der Waals surface area (Å²) in [4.78, 5) is 23.6. The van der Waals surface area contributed by atoms with E-state index in [4.69, 9.17) is 24.4 Å². The van der Waals surface area contributed by atoms with Crippen LogP contribution in [-0.2, 0) is 4.79 Å². The van der Waals surface area contributed by atoms with Gasteiger partial charge in [-0.1, -0.05) is 6.07 Å². The van der Waals surface area contributed by atoms with Crippen molar-refractivity contribution in [1.29, 1.82) is 0 Å². The number of hydrogen-bond donors (Lipinski definition) is 2. The second-order valence-corrected chi connectivity index (χ2v) is 5.58. The van der Waals surface area contributed by atoms with Crippen molar-refractivity contribution in [2.75, 3.05) is 21.3 Å². The van der Waals surface area contributed by atoms with Gasteiger partial charge in [0.2, 0.25) is 22.8 Å². The van der Waals surface area contributed by atoms with E-state index in [0.29, 0.717) is 17.1 Å². The molecule has 0 spiro atoms. The number of primary amides is 1. The average molecular weight is 363 g/mol. The first kappa shape index (κ1) is 19.2. The van der Waals surface area contributed by atoms with Crippen molar-refractivity contribution in [3.05, 3.63) is 45.5 Å². The highest BCUT2D eigenvalue weighted by molar-refractivity contribution is 5.76. The second-order valence-electron chi connectivity index (χ2n) is 5.58. The van der Waals surface area contributed by atoms with Crippen LogP contribution in [0.2, 0.25) is 0 Å². The van der Waals surface area contributed by atoms with Gasteiger partial charge in [-0.05, 0) is 13.0 Å². The molecule has 140 valence electrons. The number of rotatable bonds is 7. The van der Waals surface area contributed by atoms with E-state index in [1.54, 1.807) is 19.1 Å². The van der Waals surface area contributed by atoms with Gasteiger partial charge in [-0.25, -0.2) is 0 Å². The summed E-state index contributed by atoms with van der Waals surface area (Å²) in [5, 5.41) is 10.2. The molecule has 0 bridgehead atoms. The summed E-state index contributed by atoms with van der Waals surface area (Å²) in [6, 6.07) is 4.41. The van der Waals surface area contributed by atoms with Gasteiger partial charge in [0.15, 0.2) is 17.3 Å². The number of aryl methyl sites for hydroxylation is 1. The number of carbonyl (C=O) groups is 1. The van der Waals surface area contributed by atoms with E-state index >= 15 is 0 Å². The molecule has 0 radical (unpaired) electrons. The predicted molar refractivity (Wildman–Crippen MR) is 93.1 cm³/mol. The molecule has 3 N–H and O–H groups in total. The molecular weight excluding hydrogens is 342 g/mol. The number of methoxy groups -OCH3 is 3. The van der Waals surface area contributed by atoms with Crippen LogP contribution >= 0.6 is 0 Å². The standard InChI is InChI=1S/C18H21NO7/c1-9-7-12(20)15(22)16(26-9)11(8-14(19)21)10-5-6-13(23-2)18(25-4)17(10)24-3/h5-7,11,22H,8H2,1-4H3,(H2,19,21)/t11-/m0/s1. The highest BCUT2D eigenvalue weighted by Gasteiger charge is 2.30. The van der Waals surface area contributed by atoms with E-state index in [-0.39, 0.29) is 23.7 Å². The Hall–Kier alpha value is -3.16. The Morgan fingerprint density at radius 2 is 1.85 bits per heavy atom. The minimum Gasteiger partial charge on any atom is -0.502 e. The number of amides is 1. The normalized spacial score (nSPS) is 11.7. The largest absolute Gasteiger partial charge is 0.502 e. The minimum atomic E-state index is -0.852. The zero-order valence-corrected chi connectivity index (χ0v) is 15.0. The van der Waals surface area contributed by atoms with Crippen LogP contribution in [0.15, 0.2) is 27.4 Å². The van der Waals surface area contributed by atoms with Gasteiger partial charge in [-0.2, -0.15) is 0 Å². The van der Waals surface area contributed by atoms with Crippen molar-refractivity contribution in [3.8, 4) is 23.0 Å². The summed E-state index contributed by atoms with van der Waals surface area (Å²) in [6.45, 7) is 1.57. The Balaban J connectivity index is 2.77. The van der Waals surface area contributed by atoms with Crippen molar-refractivity contribution in [1.82, 2.24) is 0 Å². The number of aromatic hydroxyl groups is 1. The number of hydrogen-bond acceptors (Lipinski definition) is 7. The zero-order valence-electron chi connectivity index (χ0n) is 15.0. The van der Waals surface area contributed by atoms with Gasteiger partial charge in [0.25, 0.3) is 0 Å². The molecule has 26 heavy (non-hydrogen) atoms. The molecule has 1 aromatic carbocycles. The van der Waals surface area contributed by atoms with Crippen LogP contribution in [0, 0.1) is 6.92 Å². The molecule has 0 aliphatic heterocycles. The zero-order chi connectivity index (χ0) is 19.4.